The fourth-order valence-corrected chi connectivity index (χ4v) is 1.67. The molecule has 1 unspecified atom stereocenters. The number of nitrogens with one attached hydrogen (secondary N) is 2. The lowest BCUT2D eigenvalue weighted by Crippen LogP contribution is -2.50. The van der Waals surface area contributed by atoms with E-state index < -0.39 is 23.5 Å². The average molecular weight is 264 g/mol. The number of carbonyl (C=O) groups is 2. The normalized spacial score (nSPS) is 12.6. The predicted octanol–water partition coefficient (Wildman–Crippen LogP) is 2.62. The first-order valence-electron chi connectivity index (χ1n) is 6.07. The van der Waals surface area contributed by atoms with Gasteiger partial charge in [-0.2, -0.15) is 0 Å². The Balaban J connectivity index is 2.71. The Morgan fingerprint density at radius 1 is 1.26 bits per heavy atom. The summed E-state index contributed by atoms with van der Waals surface area (Å²) in [5, 5.41) is 14.2. The fraction of sp³-hybridized carbons (Fsp3) is 0.429. The van der Waals surface area contributed by atoms with Crippen LogP contribution in [-0.4, -0.2) is 23.1 Å². The van der Waals surface area contributed by atoms with Crippen LogP contribution in [0.25, 0.3) is 0 Å². The van der Waals surface area contributed by atoms with Crippen molar-refractivity contribution in [3.63, 3.8) is 0 Å². The van der Waals surface area contributed by atoms with E-state index in [4.69, 9.17) is 5.11 Å². The van der Waals surface area contributed by atoms with E-state index in [2.05, 4.69) is 10.6 Å². The molecule has 0 aliphatic rings. The van der Waals surface area contributed by atoms with Gasteiger partial charge >= 0.3 is 12.0 Å². The Labute approximate surface area is 113 Å². The summed E-state index contributed by atoms with van der Waals surface area (Å²) in [6.45, 7) is 7.20. The average Bonchev–Trinajstić information content (AvgIpc) is 2.24. The predicted molar refractivity (Wildman–Crippen MR) is 74.2 cm³/mol. The van der Waals surface area contributed by atoms with E-state index >= 15 is 0 Å². The lowest BCUT2D eigenvalue weighted by atomic mass is 9.87. The number of benzene rings is 1. The van der Waals surface area contributed by atoms with Crippen molar-refractivity contribution >= 4 is 17.7 Å². The number of aryl methyl sites for hydroxylation is 1. The van der Waals surface area contributed by atoms with Crippen molar-refractivity contribution < 1.29 is 14.7 Å². The summed E-state index contributed by atoms with van der Waals surface area (Å²) in [4.78, 5) is 22.9. The van der Waals surface area contributed by atoms with E-state index in [-0.39, 0.29) is 0 Å². The van der Waals surface area contributed by atoms with Crippen molar-refractivity contribution in [2.75, 3.05) is 5.32 Å². The standard InChI is InChI=1S/C14H20N2O3/c1-9-6-5-7-10(8-9)15-13(19)16-11(12(17)18)14(2,3)4/h5-8,11H,1-4H3,(H,17,18)(H2,15,16,19). The van der Waals surface area contributed by atoms with Gasteiger partial charge in [-0.1, -0.05) is 32.9 Å². The monoisotopic (exact) mass is 264 g/mol. The molecule has 0 saturated heterocycles. The Morgan fingerprint density at radius 2 is 1.89 bits per heavy atom. The van der Waals surface area contributed by atoms with Crippen LogP contribution < -0.4 is 10.6 Å². The van der Waals surface area contributed by atoms with Gasteiger partial charge in [0, 0.05) is 5.69 Å². The maximum absolute atomic E-state index is 11.8. The second kappa shape index (κ2) is 5.73. The third-order valence-electron chi connectivity index (χ3n) is 2.66. The first-order chi connectivity index (χ1) is 8.70. The smallest absolute Gasteiger partial charge is 0.326 e. The molecule has 1 aromatic rings. The van der Waals surface area contributed by atoms with E-state index in [9.17, 15) is 9.59 Å². The van der Waals surface area contributed by atoms with Gasteiger partial charge in [0.25, 0.3) is 0 Å². The van der Waals surface area contributed by atoms with Crippen molar-refractivity contribution in [2.45, 2.75) is 33.7 Å². The minimum Gasteiger partial charge on any atom is -0.480 e. The van der Waals surface area contributed by atoms with Gasteiger partial charge in [0.1, 0.15) is 6.04 Å². The van der Waals surface area contributed by atoms with Crippen molar-refractivity contribution in [1.29, 1.82) is 0 Å². The van der Waals surface area contributed by atoms with Crippen LogP contribution in [0.3, 0.4) is 0 Å². The van der Waals surface area contributed by atoms with E-state index in [1.54, 1.807) is 26.8 Å². The first kappa shape index (κ1) is 15.0. The van der Waals surface area contributed by atoms with Gasteiger partial charge in [0.05, 0.1) is 0 Å². The summed E-state index contributed by atoms with van der Waals surface area (Å²) in [6.07, 6.45) is 0. The number of amides is 2. The second-order valence-electron chi connectivity index (χ2n) is 5.61. The highest BCUT2D eigenvalue weighted by Gasteiger charge is 2.32. The topological polar surface area (TPSA) is 78.4 Å². The highest BCUT2D eigenvalue weighted by molar-refractivity contribution is 5.92. The van der Waals surface area contributed by atoms with Gasteiger partial charge in [-0.3, -0.25) is 0 Å². The number of hydrogen-bond donors (Lipinski definition) is 3. The molecule has 5 heteroatoms. The molecule has 5 nitrogen and oxygen atoms in total. The van der Waals surface area contributed by atoms with E-state index in [1.807, 2.05) is 25.1 Å². The fourth-order valence-electron chi connectivity index (χ4n) is 1.67. The molecule has 2 amide bonds. The Kier molecular flexibility index (Phi) is 4.53. The molecule has 0 spiro atoms. The van der Waals surface area contributed by atoms with Gasteiger partial charge in [-0.25, -0.2) is 9.59 Å². The quantitative estimate of drug-likeness (QED) is 0.785. The van der Waals surface area contributed by atoms with Crippen molar-refractivity contribution in [2.24, 2.45) is 5.41 Å². The van der Waals surface area contributed by atoms with Crippen LogP contribution >= 0.6 is 0 Å². The van der Waals surface area contributed by atoms with Crippen molar-refractivity contribution in [3.05, 3.63) is 29.8 Å². The van der Waals surface area contributed by atoms with Gasteiger partial charge in [0.15, 0.2) is 0 Å². The van der Waals surface area contributed by atoms with E-state index in [1.165, 1.54) is 0 Å². The maximum Gasteiger partial charge on any atom is 0.326 e. The van der Waals surface area contributed by atoms with E-state index in [0.29, 0.717) is 5.69 Å². The lowest BCUT2D eigenvalue weighted by Gasteiger charge is -2.27. The van der Waals surface area contributed by atoms with Gasteiger partial charge in [-0.15, -0.1) is 0 Å². The molecule has 0 aliphatic carbocycles. The van der Waals surface area contributed by atoms with Crippen LogP contribution in [0.15, 0.2) is 24.3 Å². The van der Waals surface area contributed by atoms with E-state index in [0.717, 1.165) is 5.56 Å². The molecule has 1 rings (SSSR count). The van der Waals surface area contributed by atoms with Crippen LogP contribution in [0.4, 0.5) is 10.5 Å². The minimum atomic E-state index is -1.05. The minimum absolute atomic E-state index is 0.520. The number of anilines is 1. The zero-order valence-electron chi connectivity index (χ0n) is 11.7. The Morgan fingerprint density at radius 3 is 2.37 bits per heavy atom. The zero-order valence-corrected chi connectivity index (χ0v) is 11.7. The number of carbonyl (C=O) groups excluding carboxylic acids is 1. The molecule has 1 aromatic carbocycles. The molecule has 19 heavy (non-hydrogen) atoms. The molecular weight excluding hydrogens is 244 g/mol. The van der Waals surface area contributed by atoms with Crippen LogP contribution in [0.2, 0.25) is 0 Å². The number of rotatable bonds is 3. The molecule has 0 aliphatic heterocycles. The molecule has 1 atom stereocenters. The third-order valence-corrected chi connectivity index (χ3v) is 2.66. The summed E-state index contributed by atoms with van der Waals surface area (Å²) >= 11 is 0. The van der Waals surface area contributed by atoms with Crippen LogP contribution in [0.5, 0.6) is 0 Å². The van der Waals surface area contributed by atoms with Gasteiger partial charge in [-0.05, 0) is 30.0 Å². The van der Waals surface area contributed by atoms with Crippen molar-refractivity contribution in [1.82, 2.24) is 5.32 Å². The molecular formula is C14H20N2O3. The molecule has 0 saturated carbocycles. The summed E-state index contributed by atoms with van der Waals surface area (Å²) < 4.78 is 0. The van der Waals surface area contributed by atoms with Gasteiger partial charge in [0.2, 0.25) is 0 Å². The summed E-state index contributed by atoms with van der Waals surface area (Å²) in [5.41, 5.74) is 1.09. The number of hydrogen-bond acceptors (Lipinski definition) is 2. The third kappa shape index (κ3) is 4.62. The molecule has 0 aromatic heterocycles. The zero-order chi connectivity index (χ0) is 14.6. The maximum atomic E-state index is 11.8. The molecule has 104 valence electrons. The molecule has 0 fully saturated rings. The van der Waals surface area contributed by atoms with Crippen LogP contribution in [-0.2, 0) is 4.79 Å². The number of urea groups is 1. The highest BCUT2D eigenvalue weighted by Crippen LogP contribution is 2.19. The molecule has 0 bridgehead atoms. The Bertz CT molecular complexity index is 478. The Hall–Kier alpha value is -2.04. The summed E-state index contributed by atoms with van der Waals surface area (Å²) in [5.74, 6) is -1.05. The lowest BCUT2D eigenvalue weighted by molar-refractivity contribution is -0.141. The molecule has 0 heterocycles. The molecule has 3 N–H and O–H groups in total. The summed E-state index contributed by atoms with van der Waals surface area (Å²) in [7, 11) is 0. The largest absolute Gasteiger partial charge is 0.480 e. The first-order valence-corrected chi connectivity index (χ1v) is 6.07. The molecule has 0 radical (unpaired) electrons. The van der Waals surface area contributed by atoms with Crippen LogP contribution in [0.1, 0.15) is 26.3 Å². The van der Waals surface area contributed by atoms with Crippen LogP contribution in [0, 0.1) is 12.3 Å². The summed E-state index contributed by atoms with van der Waals surface area (Å²) in [6, 6.07) is 5.83. The number of aliphatic carboxylic acids is 1. The SMILES string of the molecule is Cc1cccc(NC(=O)NC(C(=O)O)C(C)(C)C)c1. The number of carboxylic acids is 1. The number of carboxylic acid groups (broad SMARTS) is 1. The second-order valence-corrected chi connectivity index (χ2v) is 5.61. The van der Waals surface area contributed by atoms with Gasteiger partial charge < -0.3 is 15.7 Å². The van der Waals surface area contributed by atoms with Crippen molar-refractivity contribution in [3.8, 4) is 0 Å². The highest BCUT2D eigenvalue weighted by atomic mass is 16.4.